The summed E-state index contributed by atoms with van der Waals surface area (Å²) < 4.78 is 0. The molecule has 0 atom stereocenters. The first-order valence-corrected chi connectivity index (χ1v) is 3.14. The lowest BCUT2D eigenvalue weighted by atomic mass is 10.2. The van der Waals surface area contributed by atoms with Gasteiger partial charge in [0.1, 0.15) is 0 Å². The molecule has 0 heterocycles. The Morgan fingerprint density at radius 3 is 3.00 bits per heavy atom. The van der Waals surface area contributed by atoms with Crippen LogP contribution in [0.2, 0.25) is 0 Å². The molecule has 0 aliphatic heterocycles. The van der Waals surface area contributed by atoms with Crippen molar-refractivity contribution in [2.24, 2.45) is 5.73 Å². The molecule has 1 amide bonds. The molecular formula is C8H9NO. The van der Waals surface area contributed by atoms with Crippen LogP contribution in [0.4, 0.5) is 0 Å². The third-order valence-corrected chi connectivity index (χ3v) is 1.28. The van der Waals surface area contributed by atoms with Gasteiger partial charge in [0.25, 0.3) is 0 Å². The molecule has 0 unspecified atom stereocenters. The van der Waals surface area contributed by atoms with E-state index in [0.717, 1.165) is 6.42 Å². The second kappa shape index (κ2) is 3.01. The zero-order chi connectivity index (χ0) is 7.40. The molecule has 0 radical (unpaired) electrons. The Morgan fingerprint density at radius 1 is 1.50 bits per heavy atom. The Labute approximate surface area is 59.7 Å². The second-order valence-corrected chi connectivity index (χ2v) is 2.05. The molecule has 0 saturated carbocycles. The maximum absolute atomic E-state index is 10.6. The van der Waals surface area contributed by atoms with Crippen molar-refractivity contribution in [3.05, 3.63) is 36.0 Å². The molecule has 52 valence electrons. The fourth-order valence-corrected chi connectivity index (χ4v) is 0.762. The van der Waals surface area contributed by atoms with Crippen molar-refractivity contribution >= 4 is 5.91 Å². The highest BCUT2D eigenvalue weighted by Crippen LogP contribution is 2.03. The highest BCUT2D eigenvalue weighted by molar-refractivity contribution is 5.94. The minimum absolute atomic E-state index is 0.361. The smallest absolute Gasteiger partial charge is 0.248 e. The van der Waals surface area contributed by atoms with Crippen LogP contribution < -0.4 is 5.73 Å². The van der Waals surface area contributed by atoms with Gasteiger partial charge in [0, 0.05) is 5.57 Å². The molecule has 1 aliphatic carbocycles. The van der Waals surface area contributed by atoms with E-state index in [9.17, 15) is 4.79 Å². The van der Waals surface area contributed by atoms with Crippen LogP contribution in [0.3, 0.4) is 0 Å². The first kappa shape index (κ1) is 6.81. The summed E-state index contributed by atoms with van der Waals surface area (Å²) in [6.45, 7) is 0. The summed E-state index contributed by atoms with van der Waals surface area (Å²) >= 11 is 0. The van der Waals surface area contributed by atoms with Crippen LogP contribution in [0.15, 0.2) is 36.0 Å². The molecule has 2 nitrogen and oxygen atoms in total. The van der Waals surface area contributed by atoms with Gasteiger partial charge in [-0.25, -0.2) is 0 Å². The average molecular weight is 135 g/mol. The van der Waals surface area contributed by atoms with E-state index in [1.807, 2.05) is 24.3 Å². The number of hydrogen-bond donors (Lipinski definition) is 1. The van der Waals surface area contributed by atoms with Crippen molar-refractivity contribution in [1.29, 1.82) is 0 Å². The molecule has 0 bridgehead atoms. The Bertz CT molecular complexity index is 223. The molecule has 1 rings (SSSR count). The highest BCUT2D eigenvalue weighted by Gasteiger charge is 1.98. The number of hydrogen-bond acceptors (Lipinski definition) is 1. The lowest BCUT2D eigenvalue weighted by molar-refractivity contribution is -0.114. The van der Waals surface area contributed by atoms with E-state index in [-0.39, 0.29) is 5.91 Å². The predicted octanol–water partition coefficient (Wildman–Crippen LogP) is 0.914. The molecule has 2 heteroatoms. The Hall–Kier alpha value is -1.31. The molecule has 2 N–H and O–H groups in total. The van der Waals surface area contributed by atoms with Crippen LogP contribution >= 0.6 is 0 Å². The molecule has 0 saturated heterocycles. The van der Waals surface area contributed by atoms with Crippen molar-refractivity contribution in [3.8, 4) is 0 Å². The zero-order valence-corrected chi connectivity index (χ0v) is 5.58. The Morgan fingerprint density at radius 2 is 2.30 bits per heavy atom. The maximum Gasteiger partial charge on any atom is 0.248 e. The van der Waals surface area contributed by atoms with E-state index >= 15 is 0 Å². The molecule has 0 aromatic carbocycles. The highest BCUT2D eigenvalue weighted by atomic mass is 16.1. The number of nitrogens with two attached hydrogens (primary N) is 1. The van der Waals surface area contributed by atoms with Crippen molar-refractivity contribution in [3.63, 3.8) is 0 Å². The number of primary amides is 1. The summed E-state index contributed by atoms with van der Waals surface area (Å²) in [5.41, 5.74) is 5.64. The van der Waals surface area contributed by atoms with Crippen molar-refractivity contribution in [2.45, 2.75) is 6.42 Å². The summed E-state index contributed by atoms with van der Waals surface area (Å²) in [7, 11) is 0. The van der Waals surface area contributed by atoms with Gasteiger partial charge in [-0.2, -0.15) is 0 Å². The van der Waals surface area contributed by atoms with Crippen LogP contribution in [-0.2, 0) is 4.79 Å². The van der Waals surface area contributed by atoms with Gasteiger partial charge in [-0.3, -0.25) is 4.79 Å². The van der Waals surface area contributed by atoms with Crippen LogP contribution in [0.5, 0.6) is 0 Å². The maximum atomic E-state index is 10.6. The van der Waals surface area contributed by atoms with Crippen molar-refractivity contribution in [1.82, 2.24) is 0 Å². The van der Waals surface area contributed by atoms with Crippen molar-refractivity contribution in [2.75, 3.05) is 0 Å². The quantitative estimate of drug-likeness (QED) is 0.570. The molecule has 0 aromatic rings. The van der Waals surface area contributed by atoms with Crippen LogP contribution in [-0.4, -0.2) is 5.91 Å². The minimum Gasteiger partial charge on any atom is -0.366 e. The van der Waals surface area contributed by atoms with Gasteiger partial charge in [0.15, 0.2) is 0 Å². The average Bonchev–Trinajstić information content (AvgIpc) is 2.12. The SMILES string of the molecule is NC(=O)C1=CCC=CC=C1. The Balaban J connectivity index is 2.78. The molecule has 10 heavy (non-hydrogen) atoms. The number of amides is 1. The van der Waals surface area contributed by atoms with Gasteiger partial charge in [0.2, 0.25) is 5.91 Å². The lowest BCUT2D eigenvalue weighted by Gasteiger charge is -1.90. The molecule has 0 aromatic heterocycles. The van der Waals surface area contributed by atoms with Gasteiger partial charge in [0.05, 0.1) is 0 Å². The number of carbonyl (C=O) groups excluding carboxylic acids is 1. The van der Waals surface area contributed by atoms with Gasteiger partial charge < -0.3 is 5.73 Å². The number of allylic oxidation sites excluding steroid dienone is 4. The standard InChI is InChI=1S/C8H9NO/c9-8(10)7-5-3-1-2-4-6-7/h1-3,5-6H,4H2,(H2,9,10). The van der Waals surface area contributed by atoms with Crippen molar-refractivity contribution < 1.29 is 4.79 Å². The summed E-state index contributed by atoms with van der Waals surface area (Å²) in [6.07, 6.45) is 9.97. The second-order valence-electron chi connectivity index (χ2n) is 2.05. The Kier molecular flexibility index (Phi) is 2.05. The number of carbonyl (C=O) groups is 1. The summed E-state index contributed by atoms with van der Waals surface area (Å²) in [6, 6.07) is 0. The van der Waals surface area contributed by atoms with E-state index in [4.69, 9.17) is 5.73 Å². The third kappa shape index (κ3) is 1.58. The van der Waals surface area contributed by atoms with Gasteiger partial charge in [-0.05, 0) is 12.5 Å². The largest absolute Gasteiger partial charge is 0.366 e. The molecular weight excluding hydrogens is 126 g/mol. The molecule has 1 aliphatic rings. The first-order valence-electron chi connectivity index (χ1n) is 3.14. The van der Waals surface area contributed by atoms with Gasteiger partial charge in [-0.15, -0.1) is 0 Å². The summed E-state index contributed by atoms with van der Waals surface area (Å²) in [5.74, 6) is -0.361. The van der Waals surface area contributed by atoms with E-state index in [2.05, 4.69) is 0 Å². The number of rotatable bonds is 1. The lowest BCUT2D eigenvalue weighted by Crippen LogP contribution is -2.12. The monoisotopic (exact) mass is 135 g/mol. The van der Waals surface area contributed by atoms with Crippen LogP contribution in [0.1, 0.15) is 6.42 Å². The molecule has 0 fully saturated rings. The topological polar surface area (TPSA) is 43.1 Å². The van der Waals surface area contributed by atoms with E-state index in [0.29, 0.717) is 5.57 Å². The van der Waals surface area contributed by atoms with E-state index in [1.165, 1.54) is 0 Å². The van der Waals surface area contributed by atoms with Crippen LogP contribution in [0, 0.1) is 0 Å². The zero-order valence-electron chi connectivity index (χ0n) is 5.58. The molecule has 0 spiro atoms. The van der Waals surface area contributed by atoms with Crippen LogP contribution in [0.25, 0.3) is 0 Å². The fourth-order valence-electron chi connectivity index (χ4n) is 0.762. The normalized spacial score (nSPS) is 16.2. The minimum atomic E-state index is -0.361. The summed E-state index contributed by atoms with van der Waals surface area (Å²) in [5, 5.41) is 0. The summed E-state index contributed by atoms with van der Waals surface area (Å²) in [4.78, 5) is 10.6. The predicted molar refractivity (Wildman–Crippen MR) is 40.2 cm³/mol. The van der Waals surface area contributed by atoms with E-state index < -0.39 is 0 Å². The van der Waals surface area contributed by atoms with Gasteiger partial charge in [-0.1, -0.05) is 24.3 Å². The fraction of sp³-hybridized carbons (Fsp3) is 0.125. The first-order chi connectivity index (χ1) is 4.80. The van der Waals surface area contributed by atoms with E-state index in [1.54, 1.807) is 6.08 Å². The third-order valence-electron chi connectivity index (χ3n) is 1.28. The van der Waals surface area contributed by atoms with Gasteiger partial charge >= 0.3 is 0 Å².